The SMILES string of the molecule is O=C(Cc1nc(N2CCOCC2)cc(=O)[nH]1)N1CCc2c(-c3ccccc3F)cccc21. The van der Waals surface area contributed by atoms with Crippen LogP contribution in [0.1, 0.15) is 11.4 Å². The molecule has 0 bridgehead atoms. The molecule has 7 nitrogen and oxygen atoms in total. The second kappa shape index (κ2) is 8.55. The van der Waals surface area contributed by atoms with E-state index in [9.17, 15) is 14.0 Å². The fraction of sp³-hybridized carbons (Fsp3) is 0.292. The highest BCUT2D eigenvalue weighted by Gasteiger charge is 2.28. The van der Waals surface area contributed by atoms with Crippen LogP contribution in [0, 0.1) is 5.82 Å². The van der Waals surface area contributed by atoms with Crippen LogP contribution < -0.4 is 15.4 Å². The monoisotopic (exact) mass is 434 g/mol. The number of carbonyl (C=O) groups excluding carboxylic acids is 1. The van der Waals surface area contributed by atoms with Crippen LogP contribution in [0.4, 0.5) is 15.9 Å². The quantitative estimate of drug-likeness (QED) is 0.683. The Hall–Kier alpha value is -3.52. The number of aromatic amines is 1. The number of halogens is 1. The maximum atomic E-state index is 14.4. The molecular weight excluding hydrogens is 411 g/mol. The van der Waals surface area contributed by atoms with Crippen LogP contribution in [0.15, 0.2) is 53.3 Å². The summed E-state index contributed by atoms with van der Waals surface area (Å²) in [5.74, 6) is 0.454. The number of morpholine rings is 1. The molecule has 1 aromatic heterocycles. The zero-order chi connectivity index (χ0) is 22.1. The molecule has 0 aliphatic carbocycles. The normalized spacial score (nSPS) is 15.7. The predicted molar refractivity (Wildman–Crippen MR) is 119 cm³/mol. The highest BCUT2D eigenvalue weighted by Crippen LogP contribution is 2.37. The van der Waals surface area contributed by atoms with Crippen molar-refractivity contribution in [2.45, 2.75) is 12.8 Å². The van der Waals surface area contributed by atoms with Gasteiger partial charge in [0.15, 0.2) is 0 Å². The highest BCUT2D eigenvalue weighted by atomic mass is 19.1. The largest absolute Gasteiger partial charge is 0.378 e. The molecule has 8 heteroatoms. The van der Waals surface area contributed by atoms with Gasteiger partial charge in [-0.1, -0.05) is 30.3 Å². The van der Waals surface area contributed by atoms with Crippen molar-refractivity contribution in [3.05, 3.63) is 76.1 Å². The molecule has 1 fully saturated rings. The minimum absolute atomic E-state index is 0.0171. The zero-order valence-electron chi connectivity index (χ0n) is 17.5. The molecule has 0 atom stereocenters. The van der Waals surface area contributed by atoms with E-state index in [0.29, 0.717) is 56.5 Å². The number of fused-ring (bicyclic) bond motifs is 1. The maximum absolute atomic E-state index is 14.4. The lowest BCUT2D eigenvalue weighted by atomic mass is 9.97. The van der Waals surface area contributed by atoms with Gasteiger partial charge in [-0.3, -0.25) is 9.59 Å². The van der Waals surface area contributed by atoms with Crippen molar-refractivity contribution in [1.82, 2.24) is 9.97 Å². The van der Waals surface area contributed by atoms with E-state index in [0.717, 1.165) is 16.8 Å². The smallest absolute Gasteiger partial charge is 0.252 e. The number of rotatable bonds is 4. The third kappa shape index (κ3) is 3.89. The van der Waals surface area contributed by atoms with Crippen LogP contribution in [0.2, 0.25) is 0 Å². The number of amides is 1. The molecule has 2 aliphatic rings. The van der Waals surface area contributed by atoms with E-state index in [1.54, 1.807) is 23.1 Å². The molecule has 1 saturated heterocycles. The van der Waals surface area contributed by atoms with Gasteiger partial charge in [0.1, 0.15) is 17.5 Å². The first-order valence-corrected chi connectivity index (χ1v) is 10.7. The maximum Gasteiger partial charge on any atom is 0.252 e. The highest BCUT2D eigenvalue weighted by molar-refractivity contribution is 5.98. The fourth-order valence-electron chi connectivity index (χ4n) is 4.40. The van der Waals surface area contributed by atoms with Gasteiger partial charge in [0.25, 0.3) is 5.56 Å². The zero-order valence-corrected chi connectivity index (χ0v) is 17.5. The second-order valence-corrected chi connectivity index (χ2v) is 7.90. The fourth-order valence-corrected chi connectivity index (χ4v) is 4.40. The molecule has 0 radical (unpaired) electrons. The molecule has 164 valence electrons. The van der Waals surface area contributed by atoms with Crippen LogP contribution in [-0.4, -0.2) is 48.7 Å². The van der Waals surface area contributed by atoms with Gasteiger partial charge in [0.05, 0.1) is 19.6 Å². The van der Waals surface area contributed by atoms with E-state index >= 15 is 0 Å². The first kappa shape index (κ1) is 20.4. The first-order chi connectivity index (χ1) is 15.6. The van der Waals surface area contributed by atoms with E-state index in [1.807, 2.05) is 23.1 Å². The molecule has 1 N–H and O–H groups in total. The van der Waals surface area contributed by atoms with Crippen molar-refractivity contribution >= 4 is 17.4 Å². The van der Waals surface area contributed by atoms with Gasteiger partial charge in [-0.05, 0) is 29.7 Å². The molecule has 32 heavy (non-hydrogen) atoms. The summed E-state index contributed by atoms with van der Waals surface area (Å²) in [6, 6.07) is 13.7. The molecule has 2 aliphatic heterocycles. The molecule has 0 saturated carbocycles. The second-order valence-electron chi connectivity index (χ2n) is 7.90. The van der Waals surface area contributed by atoms with Crippen molar-refractivity contribution < 1.29 is 13.9 Å². The Kier molecular flexibility index (Phi) is 5.45. The Morgan fingerprint density at radius 3 is 2.66 bits per heavy atom. The molecule has 5 rings (SSSR count). The first-order valence-electron chi connectivity index (χ1n) is 10.7. The standard InChI is InChI=1S/C24H23FN4O3/c25-19-6-2-1-4-17(19)16-5-3-7-20-18(16)8-9-29(20)24(31)14-21-26-22(15-23(30)27-21)28-10-12-32-13-11-28/h1-7,15H,8-14H2,(H,26,27,30). The third-order valence-corrected chi connectivity index (χ3v) is 5.92. The average molecular weight is 434 g/mol. The van der Waals surface area contributed by atoms with Crippen molar-refractivity contribution in [3.63, 3.8) is 0 Å². The number of hydrogen-bond acceptors (Lipinski definition) is 5. The van der Waals surface area contributed by atoms with Gasteiger partial charge in [-0.2, -0.15) is 0 Å². The summed E-state index contributed by atoms with van der Waals surface area (Å²) < 4.78 is 19.7. The Balaban J connectivity index is 1.40. The molecule has 3 heterocycles. The van der Waals surface area contributed by atoms with Gasteiger partial charge in [0.2, 0.25) is 5.91 Å². The lowest BCUT2D eigenvalue weighted by Gasteiger charge is -2.27. The number of ether oxygens (including phenoxy) is 1. The molecular formula is C24H23FN4O3. The van der Waals surface area contributed by atoms with Crippen LogP contribution in [0.5, 0.6) is 0 Å². The molecule has 2 aromatic carbocycles. The predicted octanol–water partition coefficient (Wildman–Crippen LogP) is 2.54. The van der Waals surface area contributed by atoms with Crippen LogP contribution in [0.3, 0.4) is 0 Å². The van der Waals surface area contributed by atoms with E-state index in [2.05, 4.69) is 9.97 Å². The van der Waals surface area contributed by atoms with Crippen LogP contribution in [0.25, 0.3) is 11.1 Å². The summed E-state index contributed by atoms with van der Waals surface area (Å²) in [7, 11) is 0. The summed E-state index contributed by atoms with van der Waals surface area (Å²) in [5, 5.41) is 0. The van der Waals surface area contributed by atoms with E-state index in [4.69, 9.17) is 4.74 Å². The Bertz CT molecular complexity index is 1220. The van der Waals surface area contributed by atoms with Crippen molar-refractivity contribution in [1.29, 1.82) is 0 Å². The molecule has 0 unspecified atom stereocenters. The van der Waals surface area contributed by atoms with Crippen LogP contribution in [-0.2, 0) is 22.4 Å². The number of aromatic nitrogens is 2. The Labute approximate surface area is 184 Å². The molecule has 3 aromatic rings. The van der Waals surface area contributed by atoms with Gasteiger partial charge in [0, 0.05) is 37.0 Å². The van der Waals surface area contributed by atoms with E-state index in [-0.39, 0.29) is 23.7 Å². The average Bonchev–Trinajstić information content (AvgIpc) is 3.24. The van der Waals surface area contributed by atoms with Crippen molar-refractivity contribution in [2.75, 3.05) is 42.6 Å². The number of nitrogens with one attached hydrogen (secondary N) is 1. The number of carbonyl (C=O) groups is 1. The van der Waals surface area contributed by atoms with E-state index < -0.39 is 0 Å². The van der Waals surface area contributed by atoms with Crippen molar-refractivity contribution in [2.24, 2.45) is 0 Å². The summed E-state index contributed by atoms with van der Waals surface area (Å²) in [5.41, 5.74) is 2.78. The minimum atomic E-state index is -0.285. The lowest BCUT2D eigenvalue weighted by Crippen LogP contribution is -2.38. The summed E-state index contributed by atoms with van der Waals surface area (Å²) in [4.78, 5) is 36.2. The van der Waals surface area contributed by atoms with Crippen LogP contribution >= 0.6 is 0 Å². The summed E-state index contributed by atoms with van der Waals surface area (Å²) in [6.45, 7) is 2.98. The Morgan fingerprint density at radius 2 is 1.84 bits per heavy atom. The molecule has 1 amide bonds. The third-order valence-electron chi connectivity index (χ3n) is 5.92. The minimum Gasteiger partial charge on any atom is -0.378 e. The van der Waals surface area contributed by atoms with E-state index in [1.165, 1.54) is 12.1 Å². The summed E-state index contributed by atoms with van der Waals surface area (Å²) in [6.07, 6.45) is 0.625. The summed E-state index contributed by atoms with van der Waals surface area (Å²) >= 11 is 0. The topological polar surface area (TPSA) is 78.5 Å². The molecule has 0 spiro atoms. The lowest BCUT2D eigenvalue weighted by molar-refractivity contribution is -0.118. The number of H-pyrrole nitrogens is 1. The van der Waals surface area contributed by atoms with Gasteiger partial charge in [-0.15, -0.1) is 0 Å². The number of hydrogen-bond donors (Lipinski definition) is 1. The number of anilines is 2. The van der Waals surface area contributed by atoms with Gasteiger partial charge < -0.3 is 19.5 Å². The number of nitrogens with zero attached hydrogens (tertiary/aromatic N) is 3. The van der Waals surface area contributed by atoms with Crippen molar-refractivity contribution in [3.8, 4) is 11.1 Å². The Morgan fingerprint density at radius 1 is 1.06 bits per heavy atom. The van der Waals surface area contributed by atoms with Gasteiger partial charge >= 0.3 is 0 Å². The number of benzene rings is 2. The van der Waals surface area contributed by atoms with Gasteiger partial charge in [-0.25, -0.2) is 9.37 Å².